The Morgan fingerprint density at radius 3 is 2.46 bits per heavy atom. The summed E-state index contributed by atoms with van der Waals surface area (Å²) in [4.78, 5) is 45.4. The van der Waals surface area contributed by atoms with Crippen molar-refractivity contribution in [3.8, 4) is 0 Å². The lowest BCUT2D eigenvalue weighted by Crippen LogP contribution is -2.27. The molecule has 15 heteroatoms. The third-order valence-electron chi connectivity index (χ3n) is 4.84. The molecule has 0 aliphatic carbocycles. The van der Waals surface area contributed by atoms with Gasteiger partial charge in [-0.05, 0) is 19.1 Å². The average Bonchev–Trinajstić information content (AvgIpc) is 3.38. The second-order valence-electron chi connectivity index (χ2n) is 7.59. The zero-order valence-corrected chi connectivity index (χ0v) is 21.7. The van der Waals surface area contributed by atoms with E-state index in [2.05, 4.69) is 48.7 Å². The highest BCUT2D eigenvalue weighted by Gasteiger charge is 2.34. The van der Waals surface area contributed by atoms with Crippen molar-refractivity contribution < 1.29 is 22.8 Å². The molecule has 3 aromatic rings. The standard InChI is InChI=1S/C24H20ClF3N8O2S/c1-4-13(6-17(30-5-2)14-8-33-23(29)34-9-14)20(37)35-12(3)22-32-11-18(39-22)21(38)36-19-7-15(24(26,27)28)16(25)10-31-19/h4-12H,1-2H2,3H3,(H,35,37)(H2,29,33,34)(H,31,36,38)/b13-6+,30-17?. The van der Waals surface area contributed by atoms with Gasteiger partial charge < -0.3 is 16.4 Å². The molecule has 3 rings (SSSR count). The highest BCUT2D eigenvalue weighted by atomic mass is 35.5. The Labute approximate surface area is 229 Å². The molecular formula is C24H20ClF3N8O2S. The predicted octanol–water partition coefficient (Wildman–Crippen LogP) is 4.76. The molecule has 3 heterocycles. The Hall–Kier alpha value is -4.43. The summed E-state index contributed by atoms with van der Waals surface area (Å²) in [5.74, 6) is -1.51. The SMILES string of the molecule is C=CN=C(/C=C(\C=C)C(=O)NC(C)c1ncc(C(=O)Nc2cc(C(F)(F)F)c(Cl)cn2)s1)c1cnc(N)nc1. The molecule has 0 saturated carbocycles. The molecule has 0 bridgehead atoms. The number of carbonyl (C=O) groups excluding carboxylic acids is 2. The van der Waals surface area contributed by atoms with E-state index in [1.807, 2.05) is 0 Å². The number of thiazole rings is 1. The normalized spacial score (nSPS) is 12.9. The molecule has 0 spiro atoms. The molecule has 1 unspecified atom stereocenters. The van der Waals surface area contributed by atoms with Gasteiger partial charge in [0.25, 0.3) is 11.8 Å². The second kappa shape index (κ2) is 12.4. The summed E-state index contributed by atoms with van der Waals surface area (Å²) < 4.78 is 39.2. The number of carbonyl (C=O) groups is 2. The fraction of sp³-hybridized carbons (Fsp3) is 0.125. The van der Waals surface area contributed by atoms with Crippen LogP contribution in [0.3, 0.4) is 0 Å². The molecule has 202 valence electrons. The number of rotatable bonds is 9. The van der Waals surface area contributed by atoms with Crippen molar-refractivity contribution in [3.63, 3.8) is 0 Å². The van der Waals surface area contributed by atoms with Crippen LogP contribution in [0.4, 0.5) is 24.9 Å². The molecule has 2 amide bonds. The van der Waals surface area contributed by atoms with E-state index in [4.69, 9.17) is 17.3 Å². The number of nitrogens with two attached hydrogens (primary N) is 1. The number of aliphatic imine (C=N–C) groups is 1. The van der Waals surface area contributed by atoms with Crippen molar-refractivity contribution >= 4 is 52.2 Å². The minimum atomic E-state index is -4.72. The number of nitrogen functional groups attached to an aromatic ring is 1. The molecule has 0 aliphatic rings. The number of hydrogen-bond acceptors (Lipinski definition) is 9. The lowest BCUT2D eigenvalue weighted by atomic mass is 10.1. The van der Waals surface area contributed by atoms with E-state index in [-0.39, 0.29) is 22.2 Å². The molecule has 1 atom stereocenters. The van der Waals surface area contributed by atoms with Gasteiger partial charge in [0.2, 0.25) is 5.95 Å². The van der Waals surface area contributed by atoms with Gasteiger partial charge in [-0.25, -0.2) is 19.9 Å². The second-order valence-corrected chi connectivity index (χ2v) is 9.06. The zero-order valence-electron chi connectivity index (χ0n) is 20.2. The smallest absolute Gasteiger partial charge is 0.368 e. The Balaban J connectivity index is 1.72. The van der Waals surface area contributed by atoms with Crippen LogP contribution in [0.25, 0.3) is 0 Å². The van der Waals surface area contributed by atoms with Gasteiger partial charge >= 0.3 is 6.18 Å². The molecule has 0 aromatic carbocycles. The van der Waals surface area contributed by atoms with Gasteiger partial charge in [0, 0.05) is 35.9 Å². The largest absolute Gasteiger partial charge is 0.418 e. The quantitative estimate of drug-likeness (QED) is 0.189. The molecule has 10 nitrogen and oxygen atoms in total. The Bertz CT molecular complexity index is 1470. The molecule has 39 heavy (non-hydrogen) atoms. The summed E-state index contributed by atoms with van der Waals surface area (Å²) in [5, 5.41) is 4.79. The average molecular weight is 577 g/mol. The van der Waals surface area contributed by atoms with Crippen LogP contribution >= 0.6 is 22.9 Å². The summed E-state index contributed by atoms with van der Waals surface area (Å²) in [5.41, 5.74) is 5.36. The Morgan fingerprint density at radius 1 is 1.15 bits per heavy atom. The number of nitrogens with zero attached hydrogens (tertiary/aromatic N) is 5. The fourth-order valence-electron chi connectivity index (χ4n) is 2.96. The Kier molecular flexibility index (Phi) is 9.27. The van der Waals surface area contributed by atoms with Crippen molar-refractivity contribution in [2.24, 2.45) is 4.99 Å². The maximum absolute atomic E-state index is 13.1. The lowest BCUT2D eigenvalue weighted by molar-refractivity contribution is -0.137. The molecule has 0 radical (unpaired) electrons. The van der Waals surface area contributed by atoms with Crippen LogP contribution < -0.4 is 16.4 Å². The number of anilines is 2. The number of aromatic nitrogens is 4. The van der Waals surface area contributed by atoms with Crippen LogP contribution in [0.2, 0.25) is 5.02 Å². The molecule has 0 aliphatic heterocycles. The summed E-state index contributed by atoms with van der Waals surface area (Å²) in [6.45, 7) is 8.87. The topological polar surface area (TPSA) is 148 Å². The van der Waals surface area contributed by atoms with E-state index in [1.54, 1.807) is 6.92 Å². The monoisotopic (exact) mass is 576 g/mol. The highest BCUT2D eigenvalue weighted by molar-refractivity contribution is 7.13. The number of allylic oxidation sites excluding steroid dienone is 1. The van der Waals surface area contributed by atoms with E-state index in [0.29, 0.717) is 22.3 Å². The molecular weight excluding hydrogens is 557 g/mol. The van der Waals surface area contributed by atoms with Crippen LogP contribution in [0, 0.1) is 0 Å². The van der Waals surface area contributed by atoms with Crippen molar-refractivity contribution in [2.75, 3.05) is 11.1 Å². The summed E-state index contributed by atoms with van der Waals surface area (Å²) in [6, 6.07) is -0.00763. The summed E-state index contributed by atoms with van der Waals surface area (Å²) in [7, 11) is 0. The minimum absolute atomic E-state index is 0.0724. The molecule has 0 fully saturated rings. The van der Waals surface area contributed by atoms with E-state index in [9.17, 15) is 22.8 Å². The molecule has 0 saturated heterocycles. The van der Waals surface area contributed by atoms with E-state index >= 15 is 0 Å². The van der Waals surface area contributed by atoms with Crippen LogP contribution in [-0.2, 0) is 11.0 Å². The number of nitrogens with one attached hydrogen (secondary N) is 2. The van der Waals surface area contributed by atoms with Crippen molar-refractivity contribution in [1.29, 1.82) is 0 Å². The van der Waals surface area contributed by atoms with Gasteiger partial charge in [-0.3, -0.25) is 14.6 Å². The zero-order chi connectivity index (χ0) is 28.7. The third kappa shape index (κ3) is 7.55. The van der Waals surface area contributed by atoms with E-state index in [0.717, 1.165) is 17.5 Å². The van der Waals surface area contributed by atoms with Crippen molar-refractivity contribution in [2.45, 2.75) is 19.1 Å². The number of hydrogen-bond donors (Lipinski definition) is 3. The van der Waals surface area contributed by atoms with Crippen LogP contribution in [0.5, 0.6) is 0 Å². The van der Waals surface area contributed by atoms with E-state index < -0.39 is 34.6 Å². The minimum Gasteiger partial charge on any atom is -0.368 e. The van der Waals surface area contributed by atoms with Gasteiger partial charge in [0.05, 0.1) is 28.5 Å². The third-order valence-corrected chi connectivity index (χ3v) is 6.32. The summed E-state index contributed by atoms with van der Waals surface area (Å²) >= 11 is 6.50. The van der Waals surface area contributed by atoms with E-state index in [1.165, 1.54) is 36.9 Å². The first-order chi connectivity index (χ1) is 18.4. The van der Waals surface area contributed by atoms with Crippen LogP contribution in [-0.4, -0.2) is 37.5 Å². The first kappa shape index (κ1) is 29.1. The number of pyridine rings is 1. The van der Waals surface area contributed by atoms with Gasteiger partial charge in [0.15, 0.2) is 0 Å². The number of amides is 2. The Morgan fingerprint density at radius 2 is 1.85 bits per heavy atom. The van der Waals surface area contributed by atoms with Crippen molar-refractivity contribution in [3.05, 3.63) is 94.0 Å². The lowest BCUT2D eigenvalue weighted by Gasteiger charge is -2.12. The highest BCUT2D eigenvalue weighted by Crippen LogP contribution is 2.35. The van der Waals surface area contributed by atoms with Crippen molar-refractivity contribution in [1.82, 2.24) is 25.3 Å². The van der Waals surface area contributed by atoms with Gasteiger partial charge in [-0.2, -0.15) is 13.2 Å². The molecule has 3 aromatic heterocycles. The fourth-order valence-corrected chi connectivity index (χ4v) is 3.99. The summed E-state index contributed by atoms with van der Waals surface area (Å²) in [6.07, 6.45) is 4.26. The maximum Gasteiger partial charge on any atom is 0.418 e. The van der Waals surface area contributed by atoms with Gasteiger partial charge in [0.1, 0.15) is 15.7 Å². The van der Waals surface area contributed by atoms with Crippen LogP contribution in [0.1, 0.15) is 38.8 Å². The first-order valence-electron chi connectivity index (χ1n) is 10.8. The number of halogens is 4. The predicted molar refractivity (Wildman–Crippen MR) is 142 cm³/mol. The van der Waals surface area contributed by atoms with Gasteiger partial charge in [-0.1, -0.05) is 30.8 Å². The number of alkyl halides is 3. The molecule has 4 N–H and O–H groups in total. The van der Waals surface area contributed by atoms with Gasteiger partial charge in [-0.15, -0.1) is 11.3 Å². The maximum atomic E-state index is 13.1. The van der Waals surface area contributed by atoms with Crippen LogP contribution in [0.15, 0.2) is 72.9 Å². The first-order valence-corrected chi connectivity index (χ1v) is 12.0.